The largest absolute Gasteiger partial charge is 0.418 e. The molecule has 44 heavy (non-hydrogen) atoms. The third kappa shape index (κ3) is 7.44. The van der Waals surface area contributed by atoms with Crippen LogP contribution in [0.15, 0.2) is 63.8 Å². The summed E-state index contributed by atoms with van der Waals surface area (Å²) in [6, 6.07) is 15.6. The van der Waals surface area contributed by atoms with Gasteiger partial charge in [-0.05, 0) is 30.5 Å². The highest BCUT2D eigenvalue weighted by Gasteiger charge is 2.30. The second-order valence-electron chi connectivity index (χ2n) is 11.3. The topological polar surface area (TPSA) is 149 Å². The van der Waals surface area contributed by atoms with Gasteiger partial charge in [0.2, 0.25) is 23.5 Å². The number of fused-ring (bicyclic) bond motifs is 1. The maximum absolute atomic E-state index is 13.5. The Balaban J connectivity index is 1.31. The van der Waals surface area contributed by atoms with Crippen molar-refractivity contribution in [3.63, 3.8) is 0 Å². The number of amides is 2. The van der Waals surface area contributed by atoms with Crippen molar-refractivity contribution in [1.29, 1.82) is 0 Å². The van der Waals surface area contributed by atoms with E-state index in [-0.39, 0.29) is 36.5 Å². The fraction of sp³-hybridized carbons (Fsp3) is 0.375. The molecule has 0 spiro atoms. The molecule has 4 aromatic rings. The van der Waals surface area contributed by atoms with Crippen molar-refractivity contribution in [2.24, 2.45) is 5.92 Å². The summed E-state index contributed by atoms with van der Waals surface area (Å²) in [4.78, 5) is 55.0. The molecule has 1 unspecified atom stereocenters. The van der Waals surface area contributed by atoms with Crippen molar-refractivity contribution >= 4 is 34.2 Å². The fourth-order valence-corrected chi connectivity index (χ4v) is 5.18. The Labute approximate surface area is 254 Å². The van der Waals surface area contributed by atoms with Gasteiger partial charge in [-0.25, -0.2) is 0 Å². The number of para-hydroxylation sites is 1. The van der Waals surface area contributed by atoms with Crippen LogP contribution in [0.2, 0.25) is 0 Å². The quantitative estimate of drug-likeness (QED) is 0.248. The molecule has 2 aromatic carbocycles. The summed E-state index contributed by atoms with van der Waals surface area (Å²) in [6.45, 7) is 7.67. The molecular formula is C32H36N6O6. The maximum Gasteiger partial charge on any atom is 0.286 e. The lowest BCUT2D eigenvalue weighted by molar-refractivity contribution is -0.122. The first kappa shape index (κ1) is 30.8. The van der Waals surface area contributed by atoms with Gasteiger partial charge in [-0.3, -0.25) is 28.6 Å². The number of Topliss-reactive ketones (excluding diaryl/α,β-unsaturated/α-hetero) is 1. The Morgan fingerprint density at radius 2 is 1.73 bits per heavy atom. The number of carbonyl (C=O) groups excluding carboxylic acids is 3. The molecule has 230 valence electrons. The molecule has 12 heteroatoms. The Bertz CT molecular complexity index is 1720. The minimum atomic E-state index is -0.965. The van der Waals surface area contributed by atoms with Crippen molar-refractivity contribution in [3.8, 4) is 0 Å². The van der Waals surface area contributed by atoms with Crippen LogP contribution in [0.1, 0.15) is 41.6 Å². The zero-order chi connectivity index (χ0) is 31.2. The Morgan fingerprint density at radius 3 is 2.48 bits per heavy atom. The first-order chi connectivity index (χ1) is 21.2. The molecule has 3 heterocycles. The number of pyridine rings is 1. The fourth-order valence-electron chi connectivity index (χ4n) is 5.18. The number of hydrogen-bond acceptors (Lipinski definition) is 9. The van der Waals surface area contributed by atoms with Gasteiger partial charge >= 0.3 is 0 Å². The second-order valence-corrected chi connectivity index (χ2v) is 11.3. The molecule has 1 aliphatic rings. The van der Waals surface area contributed by atoms with E-state index in [1.54, 1.807) is 38.1 Å². The van der Waals surface area contributed by atoms with Crippen molar-refractivity contribution in [2.75, 3.05) is 38.2 Å². The lowest BCUT2D eigenvalue weighted by Gasteiger charge is -2.25. The molecule has 5 rings (SSSR count). The average Bonchev–Trinajstić information content (AvgIpc) is 3.46. The Kier molecular flexibility index (Phi) is 9.61. The van der Waals surface area contributed by atoms with E-state index in [1.165, 1.54) is 4.57 Å². The van der Waals surface area contributed by atoms with E-state index in [9.17, 15) is 19.2 Å². The van der Waals surface area contributed by atoms with Crippen LogP contribution in [0.25, 0.3) is 10.9 Å². The number of carbonyl (C=O) groups is 3. The highest BCUT2D eigenvalue weighted by atomic mass is 16.5. The van der Waals surface area contributed by atoms with Crippen molar-refractivity contribution < 1.29 is 23.5 Å². The first-order valence-electron chi connectivity index (χ1n) is 14.6. The van der Waals surface area contributed by atoms with Crippen molar-refractivity contribution in [2.45, 2.75) is 39.8 Å². The molecule has 1 aliphatic heterocycles. The van der Waals surface area contributed by atoms with E-state index in [2.05, 4.69) is 20.8 Å². The van der Waals surface area contributed by atoms with Crippen molar-refractivity contribution in [3.05, 3.63) is 87.9 Å². The normalized spacial score (nSPS) is 14.5. The summed E-state index contributed by atoms with van der Waals surface area (Å²) >= 11 is 0. The van der Waals surface area contributed by atoms with Gasteiger partial charge in [-0.1, -0.05) is 61.9 Å². The van der Waals surface area contributed by atoms with Crippen LogP contribution in [0.4, 0.5) is 5.69 Å². The molecule has 0 bridgehead atoms. The predicted octanol–water partition coefficient (Wildman–Crippen LogP) is 2.58. The summed E-state index contributed by atoms with van der Waals surface area (Å²) in [5.41, 5.74) is 2.12. The summed E-state index contributed by atoms with van der Waals surface area (Å²) in [7, 11) is 0. The highest BCUT2D eigenvalue weighted by molar-refractivity contribution is 5.99. The standard InChI is InChI=1S/C32H36N6O6/c1-20(2)29(30(41)31-36-35-28(44-31)16-22-8-6-7-21(3)15-22)34-27(40)19-38-25-10-5-4-9-23(25)17-24(32(38)42)33-26(39)18-37-11-13-43-14-12-37/h4-10,15,17,20,29H,11-14,16,18-19H2,1-3H3,(H,33,39)(H,34,40). The van der Waals surface area contributed by atoms with E-state index in [4.69, 9.17) is 9.15 Å². The third-order valence-corrected chi connectivity index (χ3v) is 7.43. The van der Waals surface area contributed by atoms with Gasteiger partial charge in [0.1, 0.15) is 12.2 Å². The van der Waals surface area contributed by atoms with Crippen LogP contribution in [-0.4, -0.2) is 76.2 Å². The molecule has 12 nitrogen and oxygen atoms in total. The number of aryl methyl sites for hydroxylation is 1. The molecule has 2 aromatic heterocycles. The Morgan fingerprint density at radius 1 is 0.955 bits per heavy atom. The summed E-state index contributed by atoms with van der Waals surface area (Å²) in [6.07, 6.45) is 0.371. The number of ether oxygens (including phenoxy) is 1. The molecule has 0 radical (unpaired) electrons. The molecule has 2 amide bonds. The zero-order valence-corrected chi connectivity index (χ0v) is 25.0. The van der Waals surface area contributed by atoms with E-state index in [1.807, 2.05) is 42.2 Å². The number of nitrogens with zero attached hydrogens (tertiary/aromatic N) is 4. The smallest absolute Gasteiger partial charge is 0.286 e. The van der Waals surface area contributed by atoms with Crippen LogP contribution < -0.4 is 16.2 Å². The van der Waals surface area contributed by atoms with Crippen LogP contribution in [0, 0.1) is 12.8 Å². The average molecular weight is 601 g/mol. The van der Waals surface area contributed by atoms with Gasteiger partial charge in [-0.15, -0.1) is 10.2 Å². The third-order valence-electron chi connectivity index (χ3n) is 7.43. The minimum absolute atomic E-state index is 0.0678. The highest BCUT2D eigenvalue weighted by Crippen LogP contribution is 2.17. The molecule has 1 atom stereocenters. The van der Waals surface area contributed by atoms with E-state index >= 15 is 0 Å². The van der Waals surface area contributed by atoms with Gasteiger partial charge in [0.15, 0.2) is 0 Å². The molecular weight excluding hydrogens is 564 g/mol. The lowest BCUT2D eigenvalue weighted by atomic mass is 9.99. The number of ketones is 1. The van der Waals surface area contributed by atoms with Crippen molar-refractivity contribution in [1.82, 2.24) is 25.0 Å². The Hall–Kier alpha value is -4.68. The second kappa shape index (κ2) is 13.7. The van der Waals surface area contributed by atoms with Gasteiger partial charge in [0, 0.05) is 18.5 Å². The number of nitrogens with one attached hydrogen (secondary N) is 2. The predicted molar refractivity (Wildman–Crippen MR) is 163 cm³/mol. The minimum Gasteiger partial charge on any atom is -0.418 e. The number of morpholine rings is 1. The van der Waals surface area contributed by atoms with E-state index < -0.39 is 23.3 Å². The SMILES string of the molecule is Cc1cccc(Cc2nnc(C(=O)C(NC(=O)Cn3c(=O)c(NC(=O)CN4CCOCC4)cc4ccccc43)C(C)C)o2)c1. The summed E-state index contributed by atoms with van der Waals surface area (Å²) in [5.74, 6) is -1.62. The molecule has 1 saturated heterocycles. The summed E-state index contributed by atoms with van der Waals surface area (Å²) in [5, 5.41) is 14.1. The van der Waals surface area contributed by atoms with Gasteiger partial charge in [0.25, 0.3) is 11.4 Å². The van der Waals surface area contributed by atoms with Crippen LogP contribution in [-0.2, 0) is 27.3 Å². The molecule has 0 saturated carbocycles. The maximum atomic E-state index is 13.5. The summed E-state index contributed by atoms with van der Waals surface area (Å²) < 4.78 is 12.3. The lowest BCUT2D eigenvalue weighted by Crippen LogP contribution is -2.46. The van der Waals surface area contributed by atoms with Gasteiger partial charge < -0.3 is 19.8 Å². The zero-order valence-electron chi connectivity index (χ0n) is 25.0. The number of anilines is 1. The first-order valence-corrected chi connectivity index (χ1v) is 14.6. The number of aromatic nitrogens is 3. The van der Waals surface area contributed by atoms with Crippen LogP contribution in [0.5, 0.6) is 0 Å². The van der Waals surface area contributed by atoms with Gasteiger partial charge in [-0.2, -0.15) is 0 Å². The van der Waals surface area contributed by atoms with Gasteiger partial charge in [0.05, 0.1) is 37.7 Å². The number of hydrogen-bond donors (Lipinski definition) is 2. The molecule has 2 N–H and O–H groups in total. The molecule has 1 fully saturated rings. The van der Waals surface area contributed by atoms with E-state index in [0.29, 0.717) is 49.5 Å². The van der Waals surface area contributed by atoms with Crippen LogP contribution >= 0.6 is 0 Å². The van der Waals surface area contributed by atoms with Crippen LogP contribution in [0.3, 0.4) is 0 Å². The number of rotatable bonds is 11. The molecule has 0 aliphatic carbocycles. The van der Waals surface area contributed by atoms with E-state index in [0.717, 1.165) is 11.1 Å². The monoisotopic (exact) mass is 600 g/mol. The number of benzene rings is 2.